The Morgan fingerprint density at radius 3 is 2.73 bits per heavy atom. The highest BCUT2D eigenvalue weighted by molar-refractivity contribution is 6.33. The Morgan fingerprint density at radius 2 is 2.00 bits per heavy atom. The van der Waals surface area contributed by atoms with Gasteiger partial charge in [-0.25, -0.2) is 4.98 Å². The standard InChI is InChI=1S/C18H18ClN5O2/c1-12(24-18(26)14-6-2-3-7-15(14)19)17(25)23-10-9-22-16-13(11-20)5-4-8-21-16/h2-8,12H,9-10H2,1H3,(H,21,22)(H,23,25)(H,24,26)/t12-/m1/s1. The first kappa shape index (κ1) is 19.2. The second-order valence-electron chi connectivity index (χ2n) is 5.40. The van der Waals surface area contributed by atoms with E-state index < -0.39 is 11.9 Å². The molecule has 0 aliphatic carbocycles. The minimum Gasteiger partial charge on any atom is -0.367 e. The van der Waals surface area contributed by atoms with Gasteiger partial charge in [-0.1, -0.05) is 23.7 Å². The number of nitrogens with zero attached hydrogens (tertiary/aromatic N) is 2. The van der Waals surface area contributed by atoms with Crippen molar-refractivity contribution in [1.29, 1.82) is 5.26 Å². The summed E-state index contributed by atoms with van der Waals surface area (Å²) in [7, 11) is 0. The van der Waals surface area contributed by atoms with Crippen LogP contribution in [-0.4, -0.2) is 35.9 Å². The smallest absolute Gasteiger partial charge is 0.253 e. The molecule has 1 aromatic heterocycles. The van der Waals surface area contributed by atoms with Gasteiger partial charge in [-0.2, -0.15) is 5.26 Å². The number of benzene rings is 1. The van der Waals surface area contributed by atoms with Crippen LogP contribution in [0.15, 0.2) is 42.6 Å². The number of nitriles is 1. The van der Waals surface area contributed by atoms with Crippen LogP contribution in [-0.2, 0) is 4.79 Å². The van der Waals surface area contributed by atoms with Gasteiger partial charge in [0.1, 0.15) is 17.9 Å². The number of hydrogen-bond donors (Lipinski definition) is 3. The van der Waals surface area contributed by atoms with Crippen molar-refractivity contribution < 1.29 is 9.59 Å². The summed E-state index contributed by atoms with van der Waals surface area (Å²) in [5.74, 6) is -0.276. The van der Waals surface area contributed by atoms with E-state index in [1.807, 2.05) is 6.07 Å². The third-order valence-electron chi connectivity index (χ3n) is 3.50. The van der Waals surface area contributed by atoms with Crippen molar-refractivity contribution in [2.45, 2.75) is 13.0 Å². The lowest BCUT2D eigenvalue weighted by molar-refractivity contribution is -0.122. The fraction of sp³-hybridized carbons (Fsp3) is 0.222. The van der Waals surface area contributed by atoms with Gasteiger partial charge in [0.25, 0.3) is 5.91 Å². The summed E-state index contributed by atoms with van der Waals surface area (Å²) in [5.41, 5.74) is 0.744. The number of rotatable bonds is 7. The fourth-order valence-corrected chi connectivity index (χ4v) is 2.36. The quantitative estimate of drug-likeness (QED) is 0.645. The van der Waals surface area contributed by atoms with Crippen LogP contribution >= 0.6 is 11.6 Å². The zero-order chi connectivity index (χ0) is 18.9. The highest BCUT2D eigenvalue weighted by Crippen LogP contribution is 2.14. The zero-order valence-electron chi connectivity index (χ0n) is 14.1. The molecule has 0 bridgehead atoms. The Hall–Kier alpha value is -3.11. The molecule has 8 heteroatoms. The van der Waals surface area contributed by atoms with E-state index in [4.69, 9.17) is 16.9 Å². The summed E-state index contributed by atoms with van der Waals surface area (Å²) in [5, 5.41) is 17.6. The van der Waals surface area contributed by atoms with Crippen LogP contribution in [0.4, 0.5) is 5.82 Å². The second kappa shape index (κ2) is 9.39. The fourth-order valence-electron chi connectivity index (χ4n) is 2.14. The number of carbonyl (C=O) groups excluding carboxylic acids is 2. The third-order valence-corrected chi connectivity index (χ3v) is 3.83. The maximum atomic E-state index is 12.1. The lowest BCUT2D eigenvalue weighted by Crippen LogP contribution is -2.45. The van der Waals surface area contributed by atoms with Gasteiger partial charge in [0.05, 0.1) is 16.1 Å². The van der Waals surface area contributed by atoms with Gasteiger partial charge in [0.2, 0.25) is 5.91 Å². The highest BCUT2D eigenvalue weighted by Gasteiger charge is 2.17. The van der Waals surface area contributed by atoms with Crippen molar-refractivity contribution in [3.05, 3.63) is 58.7 Å². The van der Waals surface area contributed by atoms with Crippen LogP contribution in [0.5, 0.6) is 0 Å². The number of aromatic nitrogens is 1. The summed E-state index contributed by atoms with van der Waals surface area (Å²) < 4.78 is 0. The number of nitrogens with one attached hydrogen (secondary N) is 3. The first-order chi connectivity index (χ1) is 12.5. The van der Waals surface area contributed by atoms with Crippen LogP contribution in [0.25, 0.3) is 0 Å². The first-order valence-corrected chi connectivity index (χ1v) is 8.33. The molecule has 0 radical (unpaired) electrons. The minimum atomic E-state index is -0.719. The van der Waals surface area contributed by atoms with E-state index in [1.54, 1.807) is 49.5 Å². The van der Waals surface area contributed by atoms with Crippen molar-refractivity contribution in [3.63, 3.8) is 0 Å². The van der Waals surface area contributed by atoms with E-state index in [-0.39, 0.29) is 5.91 Å². The maximum absolute atomic E-state index is 12.1. The molecule has 2 rings (SSSR count). The predicted molar refractivity (Wildman–Crippen MR) is 98.8 cm³/mol. The zero-order valence-corrected chi connectivity index (χ0v) is 14.9. The Balaban J connectivity index is 1.78. The normalized spacial score (nSPS) is 11.1. The molecule has 1 atom stereocenters. The van der Waals surface area contributed by atoms with Gasteiger partial charge in [-0.3, -0.25) is 9.59 Å². The number of hydrogen-bond acceptors (Lipinski definition) is 5. The number of halogens is 1. The largest absolute Gasteiger partial charge is 0.367 e. The maximum Gasteiger partial charge on any atom is 0.253 e. The number of amides is 2. The number of carbonyl (C=O) groups is 2. The van der Waals surface area contributed by atoms with E-state index >= 15 is 0 Å². The molecule has 0 unspecified atom stereocenters. The van der Waals surface area contributed by atoms with Gasteiger partial charge < -0.3 is 16.0 Å². The monoisotopic (exact) mass is 371 g/mol. The van der Waals surface area contributed by atoms with Crippen LogP contribution in [0.2, 0.25) is 5.02 Å². The van der Waals surface area contributed by atoms with Gasteiger partial charge in [-0.15, -0.1) is 0 Å². The summed E-state index contributed by atoms with van der Waals surface area (Å²) in [6.07, 6.45) is 1.58. The Morgan fingerprint density at radius 1 is 1.23 bits per heavy atom. The summed E-state index contributed by atoms with van der Waals surface area (Å²) in [6, 6.07) is 11.3. The van der Waals surface area contributed by atoms with Crippen LogP contribution < -0.4 is 16.0 Å². The van der Waals surface area contributed by atoms with Crippen molar-refractivity contribution >= 4 is 29.2 Å². The van der Waals surface area contributed by atoms with Crippen molar-refractivity contribution in [2.24, 2.45) is 0 Å². The Labute approximate surface area is 156 Å². The number of anilines is 1. The molecule has 134 valence electrons. The van der Waals surface area contributed by atoms with E-state index in [0.717, 1.165) is 0 Å². The molecule has 1 aromatic carbocycles. The van der Waals surface area contributed by atoms with Crippen LogP contribution in [0.3, 0.4) is 0 Å². The molecule has 0 fully saturated rings. The lowest BCUT2D eigenvalue weighted by atomic mass is 10.2. The molecule has 0 saturated carbocycles. The summed E-state index contributed by atoms with van der Waals surface area (Å²) in [4.78, 5) is 28.3. The molecule has 0 saturated heterocycles. The first-order valence-electron chi connectivity index (χ1n) is 7.95. The van der Waals surface area contributed by atoms with Crippen molar-refractivity contribution in [1.82, 2.24) is 15.6 Å². The lowest BCUT2D eigenvalue weighted by Gasteiger charge is -2.15. The van der Waals surface area contributed by atoms with Crippen LogP contribution in [0.1, 0.15) is 22.8 Å². The Kier molecular flexibility index (Phi) is 6.94. The second-order valence-corrected chi connectivity index (χ2v) is 5.81. The molecule has 1 heterocycles. The van der Waals surface area contributed by atoms with E-state index in [1.165, 1.54) is 0 Å². The molecule has 0 spiro atoms. The Bertz CT molecular complexity index is 834. The minimum absolute atomic E-state index is 0.312. The number of pyridine rings is 1. The van der Waals surface area contributed by atoms with E-state index in [2.05, 4.69) is 20.9 Å². The van der Waals surface area contributed by atoms with Crippen LogP contribution in [0, 0.1) is 11.3 Å². The average molecular weight is 372 g/mol. The SMILES string of the molecule is C[C@@H](NC(=O)c1ccccc1Cl)C(=O)NCCNc1ncccc1C#N. The van der Waals surface area contributed by atoms with Crippen molar-refractivity contribution in [3.8, 4) is 6.07 Å². The summed E-state index contributed by atoms with van der Waals surface area (Å²) >= 11 is 5.97. The van der Waals surface area contributed by atoms with Gasteiger partial charge in [-0.05, 0) is 31.2 Å². The van der Waals surface area contributed by atoms with Crippen molar-refractivity contribution in [2.75, 3.05) is 18.4 Å². The molecular weight excluding hydrogens is 354 g/mol. The van der Waals surface area contributed by atoms with Gasteiger partial charge in [0, 0.05) is 19.3 Å². The van der Waals surface area contributed by atoms with Gasteiger partial charge in [0.15, 0.2) is 0 Å². The molecule has 0 aliphatic rings. The predicted octanol–water partition coefficient (Wildman–Crippen LogP) is 1.95. The molecule has 3 N–H and O–H groups in total. The van der Waals surface area contributed by atoms with E-state index in [9.17, 15) is 9.59 Å². The molecule has 26 heavy (non-hydrogen) atoms. The average Bonchev–Trinajstić information content (AvgIpc) is 2.65. The molecule has 7 nitrogen and oxygen atoms in total. The van der Waals surface area contributed by atoms with E-state index in [0.29, 0.717) is 35.1 Å². The molecule has 0 aliphatic heterocycles. The highest BCUT2D eigenvalue weighted by atomic mass is 35.5. The summed E-state index contributed by atoms with van der Waals surface area (Å²) in [6.45, 7) is 2.29. The molecule has 2 aromatic rings. The molecular formula is C18H18ClN5O2. The topological polar surface area (TPSA) is 107 Å². The van der Waals surface area contributed by atoms with Gasteiger partial charge >= 0.3 is 0 Å². The molecule has 2 amide bonds. The third kappa shape index (κ3) is 5.19.